The van der Waals surface area contributed by atoms with Crippen molar-refractivity contribution in [3.8, 4) is 0 Å². The van der Waals surface area contributed by atoms with Crippen LogP contribution in [0.1, 0.15) is 19.8 Å². The van der Waals surface area contributed by atoms with Gasteiger partial charge >= 0.3 is 6.09 Å². The highest BCUT2D eigenvalue weighted by Crippen LogP contribution is 2.11. The second-order valence-electron chi connectivity index (χ2n) is 6.16. The zero-order valence-corrected chi connectivity index (χ0v) is 14.6. The molecule has 0 unspecified atom stereocenters. The number of nitrogens with zero attached hydrogens (tertiary/aromatic N) is 2. The highest BCUT2D eigenvalue weighted by Gasteiger charge is 2.24. The lowest BCUT2D eigenvalue weighted by Crippen LogP contribution is -2.49. The van der Waals surface area contributed by atoms with Gasteiger partial charge in [-0.05, 0) is 19.8 Å². The molecule has 0 aliphatic carbocycles. The molecule has 138 valence electrons. The predicted molar refractivity (Wildman–Crippen MR) is 89.9 cm³/mol. The van der Waals surface area contributed by atoms with Gasteiger partial charge in [-0.1, -0.05) is 0 Å². The van der Waals surface area contributed by atoms with Crippen LogP contribution < -0.4 is 10.6 Å². The predicted octanol–water partition coefficient (Wildman–Crippen LogP) is -0.355. The van der Waals surface area contributed by atoms with Crippen molar-refractivity contribution in [2.24, 2.45) is 0 Å². The van der Waals surface area contributed by atoms with Crippen LogP contribution in [0.15, 0.2) is 0 Å². The molecule has 2 aliphatic rings. The van der Waals surface area contributed by atoms with Crippen LogP contribution in [-0.2, 0) is 14.3 Å². The molecule has 2 rings (SSSR count). The van der Waals surface area contributed by atoms with Gasteiger partial charge in [0.05, 0.1) is 26.4 Å². The summed E-state index contributed by atoms with van der Waals surface area (Å²) in [6.45, 7) is 9.06. The van der Waals surface area contributed by atoms with Crippen LogP contribution in [0.25, 0.3) is 0 Å². The van der Waals surface area contributed by atoms with Gasteiger partial charge < -0.3 is 25.0 Å². The summed E-state index contributed by atoms with van der Waals surface area (Å²) in [4.78, 5) is 27.6. The Balaban J connectivity index is 1.52. The fourth-order valence-corrected chi connectivity index (χ4v) is 2.96. The van der Waals surface area contributed by atoms with E-state index in [0.29, 0.717) is 26.2 Å². The van der Waals surface area contributed by atoms with Gasteiger partial charge in [-0.3, -0.25) is 9.69 Å². The quantitative estimate of drug-likeness (QED) is 0.615. The number of ether oxygens (including phenoxy) is 2. The van der Waals surface area contributed by atoms with Gasteiger partial charge in [0, 0.05) is 45.3 Å². The van der Waals surface area contributed by atoms with E-state index in [-0.39, 0.29) is 18.0 Å². The van der Waals surface area contributed by atoms with Crippen molar-refractivity contribution in [1.82, 2.24) is 20.4 Å². The maximum atomic E-state index is 12.0. The average Bonchev–Trinajstić information content (AvgIpc) is 2.60. The Kier molecular flexibility index (Phi) is 8.27. The fraction of sp³-hybridized carbons (Fsp3) is 0.875. The zero-order chi connectivity index (χ0) is 17.2. The van der Waals surface area contributed by atoms with Gasteiger partial charge in [-0.15, -0.1) is 0 Å². The number of carbonyl (C=O) groups is 2. The molecule has 0 aromatic heterocycles. The maximum Gasteiger partial charge on any atom is 0.409 e. The standard InChI is InChI=1S/C16H30N4O4/c1-2-24-16(22)20-6-3-14(4-7-20)18-15(21)13-17-5-8-19-9-11-23-12-10-19/h14,17H,2-13H2,1H3,(H,18,21). The Morgan fingerprint density at radius 3 is 2.54 bits per heavy atom. The summed E-state index contributed by atoms with van der Waals surface area (Å²) >= 11 is 0. The lowest BCUT2D eigenvalue weighted by molar-refractivity contribution is -0.121. The lowest BCUT2D eigenvalue weighted by Gasteiger charge is -2.31. The molecule has 0 aromatic carbocycles. The minimum atomic E-state index is -0.257. The Hall–Kier alpha value is -1.38. The average molecular weight is 342 g/mol. The van der Waals surface area contributed by atoms with E-state index >= 15 is 0 Å². The first-order chi connectivity index (χ1) is 11.7. The first-order valence-corrected chi connectivity index (χ1v) is 8.91. The summed E-state index contributed by atoms with van der Waals surface area (Å²) in [6, 6.07) is 0.143. The molecule has 2 fully saturated rings. The van der Waals surface area contributed by atoms with Gasteiger partial charge in [0.1, 0.15) is 0 Å². The van der Waals surface area contributed by atoms with Crippen LogP contribution in [0.4, 0.5) is 4.79 Å². The molecule has 2 saturated heterocycles. The highest BCUT2D eigenvalue weighted by molar-refractivity contribution is 5.78. The number of piperidine rings is 1. The van der Waals surface area contributed by atoms with Crippen molar-refractivity contribution in [1.29, 1.82) is 0 Å². The van der Waals surface area contributed by atoms with Crippen LogP contribution >= 0.6 is 0 Å². The Bertz CT molecular complexity index is 394. The first-order valence-electron chi connectivity index (χ1n) is 8.91. The van der Waals surface area contributed by atoms with E-state index < -0.39 is 0 Å². The van der Waals surface area contributed by atoms with Crippen LogP contribution in [0.2, 0.25) is 0 Å². The molecular formula is C16H30N4O4. The molecule has 0 spiro atoms. The molecule has 8 nitrogen and oxygen atoms in total. The van der Waals surface area contributed by atoms with Gasteiger partial charge in [0.2, 0.25) is 5.91 Å². The second-order valence-corrected chi connectivity index (χ2v) is 6.16. The SMILES string of the molecule is CCOC(=O)N1CCC(NC(=O)CNCCN2CCOCC2)CC1. The number of carbonyl (C=O) groups excluding carboxylic acids is 2. The first kappa shape index (κ1) is 19.0. The summed E-state index contributed by atoms with van der Waals surface area (Å²) in [5, 5.41) is 6.22. The van der Waals surface area contributed by atoms with E-state index in [0.717, 1.165) is 52.2 Å². The molecule has 2 aliphatic heterocycles. The van der Waals surface area contributed by atoms with E-state index in [1.165, 1.54) is 0 Å². The monoisotopic (exact) mass is 342 g/mol. The van der Waals surface area contributed by atoms with Gasteiger partial charge in [-0.25, -0.2) is 4.79 Å². The number of rotatable bonds is 7. The topological polar surface area (TPSA) is 83.1 Å². The molecule has 2 N–H and O–H groups in total. The van der Waals surface area contributed by atoms with Crippen molar-refractivity contribution in [3.63, 3.8) is 0 Å². The fourth-order valence-electron chi connectivity index (χ4n) is 2.96. The third-order valence-electron chi connectivity index (χ3n) is 4.38. The van der Waals surface area contributed by atoms with Gasteiger partial charge in [0.15, 0.2) is 0 Å². The molecule has 8 heteroatoms. The maximum absolute atomic E-state index is 12.0. The third-order valence-corrected chi connectivity index (χ3v) is 4.38. The van der Waals surface area contributed by atoms with Crippen LogP contribution in [0.5, 0.6) is 0 Å². The molecule has 0 saturated carbocycles. The number of hydrogen-bond donors (Lipinski definition) is 2. The van der Waals surface area contributed by atoms with Crippen LogP contribution in [0.3, 0.4) is 0 Å². The summed E-state index contributed by atoms with van der Waals surface area (Å²) in [5.74, 6) is 0.0200. The molecule has 0 bridgehead atoms. The van der Waals surface area contributed by atoms with Crippen LogP contribution in [0, 0.1) is 0 Å². The van der Waals surface area contributed by atoms with E-state index in [1.54, 1.807) is 11.8 Å². The van der Waals surface area contributed by atoms with Gasteiger partial charge in [-0.2, -0.15) is 0 Å². The largest absolute Gasteiger partial charge is 0.450 e. The molecule has 0 aromatic rings. The van der Waals surface area contributed by atoms with E-state index in [4.69, 9.17) is 9.47 Å². The van der Waals surface area contributed by atoms with Gasteiger partial charge in [0.25, 0.3) is 0 Å². The number of likely N-dealkylation sites (tertiary alicyclic amines) is 1. The number of amides is 2. The summed E-state index contributed by atoms with van der Waals surface area (Å²) < 4.78 is 10.3. The summed E-state index contributed by atoms with van der Waals surface area (Å²) in [7, 11) is 0. The summed E-state index contributed by atoms with van der Waals surface area (Å²) in [6.07, 6.45) is 1.29. The normalized spacial score (nSPS) is 20.0. The third kappa shape index (κ3) is 6.62. The summed E-state index contributed by atoms with van der Waals surface area (Å²) in [5.41, 5.74) is 0. The van der Waals surface area contributed by atoms with Crippen molar-refractivity contribution >= 4 is 12.0 Å². The minimum absolute atomic E-state index is 0.0200. The second kappa shape index (κ2) is 10.5. The van der Waals surface area contributed by atoms with Crippen molar-refractivity contribution in [3.05, 3.63) is 0 Å². The molecule has 0 radical (unpaired) electrons. The lowest BCUT2D eigenvalue weighted by atomic mass is 10.1. The van der Waals surface area contributed by atoms with Crippen molar-refractivity contribution in [2.75, 3.05) is 65.6 Å². The van der Waals surface area contributed by atoms with Crippen molar-refractivity contribution < 1.29 is 19.1 Å². The van der Waals surface area contributed by atoms with E-state index in [2.05, 4.69) is 15.5 Å². The molecule has 0 atom stereocenters. The molecule has 2 amide bonds. The molecule has 24 heavy (non-hydrogen) atoms. The van der Waals surface area contributed by atoms with Crippen LogP contribution in [-0.4, -0.2) is 93.5 Å². The highest BCUT2D eigenvalue weighted by atomic mass is 16.6. The molecular weight excluding hydrogens is 312 g/mol. The van der Waals surface area contributed by atoms with Crippen molar-refractivity contribution in [2.45, 2.75) is 25.8 Å². The Morgan fingerprint density at radius 2 is 1.88 bits per heavy atom. The number of nitrogens with one attached hydrogen (secondary N) is 2. The number of morpholine rings is 1. The number of hydrogen-bond acceptors (Lipinski definition) is 6. The Labute approximate surface area is 143 Å². The van der Waals surface area contributed by atoms with E-state index in [1.807, 2.05) is 0 Å². The minimum Gasteiger partial charge on any atom is -0.450 e. The molecule has 2 heterocycles. The van der Waals surface area contributed by atoms with E-state index in [9.17, 15) is 9.59 Å². The Morgan fingerprint density at radius 1 is 1.17 bits per heavy atom. The smallest absolute Gasteiger partial charge is 0.409 e. The zero-order valence-electron chi connectivity index (χ0n) is 14.6.